The van der Waals surface area contributed by atoms with E-state index < -0.39 is 23.7 Å². The summed E-state index contributed by atoms with van der Waals surface area (Å²) in [7, 11) is 0. The standard InChI is InChI=1S/C11H19ClN2O4/c1-11(2,3)18-10(16)14-5-7(13)4-8(14)9(15)17-6-12/h7-8H,4-6,13H2,1-3H3/t7-,8+/m1/s1. The maximum absolute atomic E-state index is 11.9. The summed E-state index contributed by atoms with van der Waals surface area (Å²) < 4.78 is 9.93. The summed E-state index contributed by atoms with van der Waals surface area (Å²) in [6.07, 6.45) is -0.207. The molecule has 0 unspecified atom stereocenters. The Morgan fingerprint density at radius 1 is 1.44 bits per heavy atom. The molecule has 0 saturated carbocycles. The van der Waals surface area contributed by atoms with Gasteiger partial charge in [0.15, 0.2) is 6.07 Å². The Labute approximate surface area is 111 Å². The molecular weight excluding hydrogens is 260 g/mol. The van der Waals surface area contributed by atoms with Crippen LogP contribution in [0.5, 0.6) is 0 Å². The van der Waals surface area contributed by atoms with Crippen LogP contribution in [0.4, 0.5) is 4.79 Å². The van der Waals surface area contributed by atoms with Crippen molar-refractivity contribution in [2.24, 2.45) is 5.73 Å². The Bertz CT molecular complexity index is 329. The van der Waals surface area contributed by atoms with Crippen LogP contribution in [0.15, 0.2) is 0 Å². The monoisotopic (exact) mass is 278 g/mol. The number of amides is 1. The number of halogens is 1. The lowest BCUT2D eigenvalue weighted by Crippen LogP contribution is -2.44. The first kappa shape index (κ1) is 15.0. The fraction of sp³-hybridized carbons (Fsp3) is 0.818. The van der Waals surface area contributed by atoms with Crippen molar-refractivity contribution in [3.8, 4) is 0 Å². The Morgan fingerprint density at radius 2 is 2.06 bits per heavy atom. The van der Waals surface area contributed by atoms with Gasteiger partial charge in [-0.3, -0.25) is 4.90 Å². The molecule has 1 aliphatic heterocycles. The maximum atomic E-state index is 11.9. The second-order valence-electron chi connectivity index (χ2n) is 5.22. The molecule has 0 aromatic carbocycles. The SMILES string of the molecule is CC(C)(C)OC(=O)N1C[C@H](N)C[C@H]1C(=O)OCCl. The number of rotatable bonds is 2. The summed E-state index contributed by atoms with van der Waals surface area (Å²) in [5.74, 6) is -0.552. The van der Waals surface area contributed by atoms with E-state index >= 15 is 0 Å². The molecule has 0 aromatic rings. The van der Waals surface area contributed by atoms with Crippen LogP contribution in [0.25, 0.3) is 0 Å². The van der Waals surface area contributed by atoms with Gasteiger partial charge in [-0.15, -0.1) is 0 Å². The van der Waals surface area contributed by atoms with Crippen LogP contribution in [0.3, 0.4) is 0 Å². The van der Waals surface area contributed by atoms with Crippen LogP contribution < -0.4 is 5.73 Å². The molecule has 1 rings (SSSR count). The quantitative estimate of drug-likeness (QED) is 0.603. The largest absolute Gasteiger partial charge is 0.448 e. The summed E-state index contributed by atoms with van der Waals surface area (Å²) >= 11 is 5.34. The van der Waals surface area contributed by atoms with Gasteiger partial charge in [-0.1, -0.05) is 11.6 Å². The number of hydrogen-bond acceptors (Lipinski definition) is 5. The Kier molecular flexibility index (Phi) is 4.81. The van der Waals surface area contributed by atoms with Crippen molar-refractivity contribution in [1.29, 1.82) is 0 Å². The molecule has 1 fully saturated rings. The lowest BCUT2D eigenvalue weighted by atomic mass is 10.2. The summed E-state index contributed by atoms with van der Waals surface area (Å²) in [5, 5.41) is 0. The Balaban J connectivity index is 2.72. The third kappa shape index (κ3) is 4.03. The predicted molar refractivity (Wildman–Crippen MR) is 66.1 cm³/mol. The smallest absolute Gasteiger partial charge is 0.411 e. The average molecular weight is 279 g/mol. The molecule has 2 N–H and O–H groups in total. The first-order valence-electron chi connectivity index (χ1n) is 5.72. The first-order valence-corrected chi connectivity index (χ1v) is 6.26. The lowest BCUT2D eigenvalue weighted by Gasteiger charge is -2.27. The molecule has 0 radical (unpaired) electrons. The van der Waals surface area contributed by atoms with Crippen molar-refractivity contribution in [2.75, 3.05) is 12.6 Å². The number of nitrogens with zero attached hydrogens (tertiary/aromatic N) is 1. The fourth-order valence-electron chi connectivity index (χ4n) is 1.76. The molecule has 1 heterocycles. The summed E-state index contributed by atoms with van der Waals surface area (Å²) in [4.78, 5) is 24.9. The predicted octanol–water partition coefficient (Wildman–Crippen LogP) is 1.06. The zero-order valence-electron chi connectivity index (χ0n) is 10.8. The molecule has 1 aliphatic rings. The fourth-order valence-corrected chi connectivity index (χ4v) is 1.87. The van der Waals surface area contributed by atoms with Gasteiger partial charge in [0.05, 0.1) is 0 Å². The first-order chi connectivity index (χ1) is 8.24. The van der Waals surface area contributed by atoms with Gasteiger partial charge in [0.2, 0.25) is 0 Å². The number of hydrogen-bond donors (Lipinski definition) is 1. The molecule has 1 saturated heterocycles. The van der Waals surface area contributed by atoms with E-state index in [1.54, 1.807) is 20.8 Å². The Morgan fingerprint density at radius 3 is 2.56 bits per heavy atom. The van der Waals surface area contributed by atoms with E-state index in [-0.39, 0.29) is 18.7 Å². The van der Waals surface area contributed by atoms with Crippen LogP contribution in [0.1, 0.15) is 27.2 Å². The maximum Gasteiger partial charge on any atom is 0.411 e. The van der Waals surface area contributed by atoms with Gasteiger partial charge < -0.3 is 15.2 Å². The van der Waals surface area contributed by atoms with Crippen molar-refractivity contribution in [3.63, 3.8) is 0 Å². The molecule has 18 heavy (non-hydrogen) atoms. The average Bonchev–Trinajstić information content (AvgIpc) is 2.58. The van der Waals surface area contributed by atoms with Crippen molar-refractivity contribution in [2.45, 2.75) is 44.9 Å². The number of likely N-dealkylation sites (tertiary alicyclic amines) is 1. The van der Waals surface area contributed by atoms with E-state index in [1.165, 1.54) is 4.90 Å². The van der Waals surface area contributed by atoms with Crippen molar-refractivity contribution in [3.05, 3.63) is 0 Å². The minimum absolute atomic E-state index is 0.243. The molecule has 1 amide bonds. The highest BCUT2D eigenvalue weighted by Gasteiger charge is 2.41. The van der Waals surface area contributed by atoms with E-state index in [2.05, 4.69) is 0 Å². The number of carbonyl (C=O) groups excluding carboxylic acids is 2. The van der Waals surface area contributed by atoms with Crippen LogP contribution in [-0.4, -0.2) is 47.3 Å². The second-order valence-corrected chi connectivity index (χ2v) is 5.43. The van der Waals surface area contributed by atoms with Gasteiger partial charge in [0.1, 0.15) is 11.6 Å². The third-order valence-corrected chi connectivity index (χ3v) is 2.54. The third-order valence-electron chi connectivity index (χ3n) is 2.43. The highest BCUT2D eigenvalue weighted by molar-refractivity contribution is 6.17. The number of carbonyl (C=O) groups is 2. The van der Waals surface area contributed by atoms with E-state index in [9.17, 15) is 9.59 Å². The zero-order chi connectivity index (χ0) is 13.9. The second kappa shape index (κ2) is 5.75. The number of ether oxygens (including phenoxy) is 2. The van der Waals surface area contributed by atoms with Gasteiger partial charge in [-0.05, 0) is 27.2 Å². The summed E-state index contributed by atoms with van der Waals surface area (Å²) in [6.45, 7) is 5.55. The van der Waals surface area contributed by atoms with E-state index in [1.807, 2.05) is 0 Å². The molecular formula is C11H19ClN2O4. The van der Waals surface area contributed by atoms with Crippen molar-refractivity contribution in [1.82, 2.24) is 4.90 Å². The number of esters is 1. The Hall–Kier alpha value is -1.01. The van der Waals surface area contributed by atoms with Crippen LogP contribution in [0, 0.1) is 0 Å². The molecule has 7 heteroatoms. The van der Waals surface area contributed by atoms with Crippen LogP contribution in [0.2, 0.25) is 0 Å². The summed E-state index contributed by atoms with van der Waals surface area (Å²) in [5.41, 5.74) is 5.14. The van der Waals surface area contributed by atoms with Gasteiger partial charge >= 0.3 is 12.1 Å². The number of nitrogens with two attached hydrogens (primary N) is 1. The normalized spacial score (nSPS) is 23.9. The van der Waals surface area contributed by atoms with Gasteiger partial charge in [0, 0.05) is 12.6 Å². The molecule has 0 aromatic heterocycles. The van der Waals surface area contributed by atoms with E-state index in [0.717, 1.165) is 0 Å². The number of alkyl halides is 1. The van der Waals surface area contributed by atoms with Gasteiger partial charge in [-0.25, -0.2) is 9.59 Å². The van der Waals surface area contributed by atoms with Crippen molar-refractivity contribution >= 4 is 23.7 Å². The molecule has 2 atom stereocenters. The topological polar surface area (TPSA) is 81.9 Å². The van der Waals surface area contributed by atoms with E-state index in [0.29, 0.717) is 6.42 Å². The van der Waals surface area contributed by atoms with Crippen molar-refractivity contribution < 1.29 is 19.1 Å². The van der Waals surface area contributed by atoms with Crippen LogP contribution in [-0.2, 0) is 14.3 Å². The molecule has 0 bridgehead atoms. The molecule has 0 aliphatic carbocycles. The van der Waals surface area contributed by atoms with Crippen LogP contribution >= 0.6 is 11.6 Å². The highest BCUT2D eigenvalue weighted by Crippen LogP contribution is 2.21. The highest BCUT2D eigenvalue weighted by atomic mass is 35.5. The minimum atomic E-state index is -0.714. The molecule has 6 nitrogen and oxygen atoms in total. The molecule has 104 valence electrons. The summed E-state index contributed by atoms with van der Waals surface area (Å²) in [6, 6.07) is -1.22. The van der Waals surface area contributed by atoms with E-state index in [4.69, 9.17) is 26.8 Å². The van der Waals surface area contributed by atoms with Gasteiger partial charge in [-0.2, -0.15) is 0 Å². The lowest BCUT2D eigenvalue weighted by molar-refractivity contribution is -0.146. The zero-order valence-corrected chi connectivity index (χ0v) is 11.6. The minimum Gasteiger partial charge on any atom is -0.448 e. The molecule has 0 spiro atoms. The van der Waals surface area contributed by atoms with Gasteiger partial charge in [0.25, 0.3) is 0 Å².